The number of para-hydroxylation sites is 1. The van der Waals surface area contributed by atoms with Gasteiger partial charge in [-0.3, -0.25) is 24.6 Å². The highest BCUT2D eigenvalue weighted by Gasteiger charge is 2.35. The molecule has 4 rings (SSSR count). The number of amides is 2. The zero-order valence-corrected chi connectivity index (χ0v) is 21.6. The predicted molar refractivity (Wildman–Crippen MR) is 142 cm³/mol. The molecule has 0 fully saturated rings. The number of nitro benzene ring substituents is 1. The van der Waals surface area contributed by atoms with Gasteiger partial charge in [0.25, 0.3) is 11.8 Å². The number of rotatable bonds is 9. The van der Waals surface area contributed by atoms with Gasteiger partial charge in [0, 0.05) is 49.2 Å². The molecule has 0 saturated carbocycles. The highest BCUT2D eigenvalue weighted by molar-refractivity contribution is 6.19. The molecule has 1 aliphatic heterocycles. The largest absolute Gasteiger partial charge is 0.490 e. The molecule has 1 aromatic heterocycles. The van der Waals surface area contributed by atoms with Gasteiger partial charge < -0.3 is 9.47 Å². The SMILES string of the molecule is COCCCN1C(=O)C(C#N)=C(C)/C(=C\c2cn(-c3ccccc3)nc2-c2ccc(OC)c([N+](=O)[O-])c2)C1=O. The first-order chi connectivity index (χ1) is 18.8. The second-order valence-corrected chi connectivity index (χ2v) is 8.64. The van der Waals surface area contributed by atoms with Crippen molar-refractivity contribution in [3.8, 4) is 28.8 Å². The zero-order chi connectivity index (χ0) is 28.1. The first-order valence-electron chi connectivity index (χ1n) is 12.0. The van der Waals surface area contributed by atoms with Gasteiger partial charge in [-0.2, -0.15) is 10.4 Å². The van der Waals surface area contributed by atoms with Crippen LogP contribution in [0.25, 0.3) is 23.0 Å². The summed E-state index contributed by atoms with van der Waals surface area (Å²) in [5, 5.41) is 26.1. The molecule has 0 radical (unpaired) electrons. The van der Waals surface area contributed by atoms with E-state index in [-0.39, 0.29) is 34.7 Å². The van der Waals surface area contributed by atoms with Gasteiger partial charge in [0.2, 0.25) is 0 Å². The lowest BCUT2D eigenvalue weighted by Crippen LogP contribution is -2.43. The Hall–Kier alpha value is -5.08. The Bertz CT molecular complexity index is 1550. The summed E-state index contributed by atoms with van der Waals surface area (Å²) in [6.45, 7) is 1.97. The van der Waals surface area contributed by atoms with Crippen molar-refractivity contribution >= 4 is 23.6 Å². The van der Waals surface area contributed by atoms with E-state index in [0.717, 1.165) is 10.6 Å². The Morgan fingerprint density at radius 2 is 1.87 bits per heavy atom. The van der Waals surface area contributed by atoms with Crippen molar-refractivity contribution in [3.05, 3.63) is 87.1 Å². The average Bonchev–Trinajstić information content (AvgIpc) is 3.37. The predicted octanol–water partition coefficient (Wildman–Crippen LogP) is 4.08. The van der Waals surface area contributed by atoms with Gasteiger partial charge in [0.1, 0.15) is 17.3 Å². The normalized spacial score (nSPS) is 14.6. The van der Waals surface area contributed by atoms with E-state index in [1.807, 2.05) is 36.4 Å². The molecular formula is C28H25N5O6. The minimum atomic E-state index is -0.653. The van der Waals surface area contributed by atoms with Crippen molar-refractivity contribution in [1.29, 1.82) is 5.26 Å². The van der Waals surface area contributed by atoms with Crippen LogP contribution in [-0.4, -0.2) is 58.8 Å². The van der Waals surface area contributed by atoms with Crippen molar-refractivity contribution in [1.82, 2.24) is 14.7 Å². The Morgan fingerprint density at radius 3 is 2.51 bits per heavy atom. The first-order valence-corrected chi connectivity index (χ1v) is 12.0. The van der Waals surface area contributed by atoms with Crippen molar-refractivity contribution in [2.24, 2.45) is 0 Å². The van der Waals surface area contributed by atoms with Crippen LogP contribution in [0.5, 0.6) is 5.75 Å². The fourth-order valence-electron chi connectivity index (χ4n) is 4.27. The molecule has 2 heterocycles. The summed E-state index contributed by atoms with van der Waals surface area (Å²) in [6, 6.07) is 15.6. The van der Waals surface area contributed by atoms with Gasteiger partial charge in [-0.05, 0) is 49.3 Å². The van der Waals surface area contributed by atoms with Crippen LogP contribution < -0.4 is 4.74 Å². The van der Waals surface area contributed by atoms with E-state index in [0.29, 0.717) is 29.8 Å². The number of carbonyl (C=O) groups excluding carboxylic acids is 2. The molecule has 2 amide bonds. The number of hydrogen-bond acceptors (Lipinski definition) is 8. The number of nitro groups is 1. The summed E-state index contributed by atoms with van der Waals surface area (Å²) >= 11 is 0. The third kappa shape index (κ3) is 5.32. The van der Waals surface area contributed by atoms with Gasteiger partial charge in [0.05, 0.1) is 17.7 Å². The first kappa shape index (κ1) is 27.0. The summed E-state index contributed by atoms with van der Waals surface area (Å²) in [7, 11) is 2.86. The third-order valence-electron chi connectivity index (χ3n) is 6.27. The second kappa shape index (κ2) is 11.5. The van der Waals surface area contributed by atoms with Crippen LogP contribution >= 0.6 is 0 Å². The number of nitriles is 1. The third-order valence-corrected chi connectivity index (χ3v) is 6.27. The molecule has 11 heteroatoms. The van der Waals surface area contributed by atoms with Crippen LogP contribution in [0, 0.1) is 21.4 Å². The summed E-state index contributed by atoms with van der Waals surface area (Å²) in [4.78, 5) is 38.5. The minimum Gasteiger partial charge on any atom is -0.490 e. The number of aromatic nitrogens is 2. The number of hydrogen-bond donors (Lipinski definition) is 0. The maximum Gasteiger partial charge on any atom is 0.311 e. The lowest BCUT2D eigenvalue weighted by Gasteiger charge is -2.27. The van der Waals surface area contributed by atoms with Crippen molar-refractivity contribution < 1.29 is 24.0 Å². The van der Waals surface area contributed by atoms with Gasteiger partial charge in [-0.15, -0.1) is 0 Å². The standard InChI is InChI=1S/C28H25N5O6/c1-18-22(27(34)31(12-7-13-38-2)28(35)23(18)16-29)14-20-17-32(21-8-5-4-6-9-21)30-26(20)19-10-11-25(39-3)24(15-19)33(36)37/h4-6,8-11,14-15,17H,7,12-13H2,1-3H3/b22-14+. The van der Waals surface area contributed by atoms with Crippen molar-refractivity contribution in [2.45, 2.75) is 13.3 Å². The van der Waals surface area contributed by atoms with Crippen molar-refractivity contribution in [2.75, 3.05) is 27.4 Å². The minimum absolute atomic E-state index is 0.0854. The summed E-state index contributed by atoms with van der Waals surface area (Å²) < 4.78 is 11.8. The average molecular weight is 528 g/mol. The van der Waals surface area contributed by atoms with Crippen LogP contribution in [-0.2, 0) is 14.3 Å². The highest BCUT2D eigenvalue weighted by Crippen LogP contribution is 2.35. The quantitative estimate of drug-likeness (QED) is 0.133. The number of carbonyl (C=O) groups is 2. The number of methoxy groups -OCH3 is 2. The summed E-state index contributed by atoms with van der Waals surface area (Å²) in [5.74, 6) is -1.11. The highest BCUT2D eigenvalue weighted by atomic mass is 16.6. The van der Waals surface area contributed by atoms with Gasteiger partial charge >= 0.3 is 5.69 Å². The number of ether oxygens (including phenoxy) is 2. The molecule has 198 valence electrons. The van der Waals surface area contributed by atoms with Crippen LogP contribution in [0.15, 0.2) is 71.4 Å². The Balaban J connectivity index is 1.91. The van der Waals surface area contributed by atoms with Crippen LogP contribution in [0.2, 0.25) is 0 Å². The van der Waals surface area contributed by atoms with E-state index in [9.17, 15) is 25.0 Å². The monoisotopic (exact) mass is 527 g/mol. The van der Waals surface area contributed by atoms with E-state index in [2.05, 4.69) is 5.10 Å². The van der Waals surface area contributed by atoms with E-state index < -0.39 is 16.7 Å². The molecular weight excluding hydrogens is 502 g/mol. The zero-order valence-electron chi connectivity index (χ0n) is 21.6. The summed E-state index contributed by atoms with van der Waals surface area (Å²) in [5.41, 5.74) is 1.99. The molecule has 1 aliphatic rings. The Labute approximate surface area is 224 Å². The lowest BCUT2D eigenvalue weighted by molar-refractivity contribution is -0.385. The molecule has 2 aromatic carbocycles. The smallest absolute Gasteiger partial charge is 0.311 e. The van der Waals surface area contributed by atoms with E-state index in [1.54, 1.807) is 29.9 Å². The Morgan fingerprint density at radius 1 is 1.13 bits per heavy atom. The molecule has 0 aliphatic carbocycles. The molecule has 0 N–H and O–H groups in total. The summed E-state index contributed by atoms with van der Waals surface area (Å²) in [6.07, 6.45) is 3.65. The van der Waals surface area contributed by atoms with E-state index >= 15 is 0 Å². The molecule has 3 aromatic rings. The molecule has 0 saturated heterocycles. The van der Waals surface area contributed by atoms with Gasteiger partial charge in [-0.1, -0.05) is 18.2 Å². The Kier molecular flexibility index (Phi) is 7.98. The van der Waals surface area contributed by atoms with Crippen LogP contribution in [0.4, 0.5) is 5.69 Å². The molecule has 11 nitrogen and oxygen atoms in total. The van der Waals surface area contributed by atoms with Crippen LogP contribution in [0.1, 0.15) is 18.9 Å². The number of nitrogens with zero attached hydrogens (tertiary/aromatic N) is 5. The molecule has 0 spiro atoms. The fourth-order valence-corrected chi connectivity index (χ4v) is 4.27. The van der Waals surface area contributed by atoms with Crippen molar-refractivity contribution in [3.63, 3.8) is 0 Å². The van der Waals surface area contributed by atoms with Gasteiger partial charge in [-0.25, -0.2) is 4.68 Å². The maximum atomic E-state index is 13.5. The van der Waals surface area contributed by atoms with E-state index in [1.165, 1.54) is 26.4 Å². The topological polar surface area (TPSA) is 141 Å². The van der Waals surface area contributed by atoms with E-state index in [4.69, 9.17) is 9.47 Å². The molecule has 0 unspecified atom stereocenters. The van der Waals surface area contributed by atoms with Crippen LogP contribution in [0.3, 0.4) is 0 Å². The molecule has 0 atom stereocenters. The fraction of sp³-hybridized carbons (Fsp3) is 0.214. The molecule has 0 bridgehead atoms. The second-order valence-electron chi connectivity index (χ2n) is 8.64. The molecule has 39 heavy (non-hydrogen) atoms. The number of benzene rings is 2. The number of imide groups is 1. The van der Waals surface area contributed by atoms with Gasteiger partial charge in [0.15, 0.2) is 5.75 Å². The lowest BCUT2D eigenvalue weighted by atomic mass is 9.93. The maximum absolute atomic E-state index is 13.5.